The average molecular weight is 226 g/mol. The van der Waals surface area contributed by atoms with Crippen molar-refractivity contribution in [2.24, 2.45) is 5.73 Å². The molecule has 0 aromatic carbocycles. The Labute approximate surface area is 94.7 Å². The zero-order valence-electron chi connectivity index (χ0n) is 9.25. The molecule has 15 heavy (non-hydrogen) atoms. The molecule has 0 unspecified atom stereocenters. The van der Waals surface area contributed by atoms with E-state index in [1.54, 1.807) is 11.3 Å². The number of amides is 1. The molecule has 3 nitrogen and oxygen atoms in total. The quantitative estimate of drug-likeness (QED) is 0.804. The summed E-state index contributed by atoms with van der Waals surface area (Å²) in [4.78, 5) is 11.5. The first kappa shape index (κ1) is 12.2. The summed E-state index contributed by atoms with van der Waals surface area (Å²) in [5.74, 6) is -0.0533. The van der Waals surface area contributed by atoms with Crippen LogP contribution in [0.5, 0.6) is 0 Å². The highest BCUT2D eigenvalue weighted by atomic mass is 32.1. The van der Waals surface area contributed by atoms with Gasteiger partial charge in [-0.05, 0) is 35.2 Å². The summed E-state index contributed by atoms with van der Waals surface area (Å²) in [6.45, 7) is 4.66. The molecule has 1 atom stereocenters. The van der Waals surface area contributed by atoms with Crippen LogP contribution in [-0.2, 0) is 11.3 Å². The number of carbonyl (C=O) groups is 1. The monoisotopic (exact) mass is 226 g/mol. The molecule has 0 aliphatic carbocycles. The van der Waals surface area contributed by atoms with Crippen LogP contribution < -0.4 is 11.1 Å². The van der Waals surface area contributed by atoms with Crippen molar-refractivity contribution in [1.29, 1.82) is 0 Å². The molecule has 1 heterocycles. The van der Waals surface area contributed by atoms with Gasteiger partial charge in [0, 0.05) is 6.54 Å². The SMILES string of the molecule is CCC[C@@H](N)C(=O)NCc1cscc1C. The normalized spacial score (nSPS) is 12.5. The number of rotatable bonds is 5. The predicted octanol–water partition coefficient (Wildman–Crippen LogP) is 1.80. The molecular weight excluding hydrogens is 208 g/mol. The van der Waals surface area contributed by atoms with Crippen LogP contribution in [0.2, 0.25) is 0 Å². The van der Waals surface area contributed by atoms with E-state index >= 15 is 0 Å². The standard InChI is InChI=1S/C11H18N2OS/c1-3-4-10(12)11(14)13-5-9-7-15-6-8(9)2/h6-7,10H,3-5,12H2,1-2H3,(H,13,14)/t10-/m1/s1. The molecule has 4 heteroatoms. The molecule has 0 fully saturated rings. The maximum Gasteiger partial charge on any atom is 0.237 e. The number of hydrogen-bond donors (Lipinski definition) is 2. The Balaban J connectivity index is 2.37. The average Bonchev–Trinajstić information content (AvgIpc) is 2.61. The van der Waals surface area contributed by atoms with Crippen molar-refractivity contribution >= 4 is 17.2 Å². The van der Waals surface area contributed by atoms with Crippen molar-refractivity contribution in [3.8, 4) is 0 Å². The molecule has 0 aliphatic rings. The molecule has 0 saturated heterocycles. The first-order valence-electron chi connectivity index (χ1n) is 5.20. The molecule has 1 aromatic heterocycles. The number of thiophene rings is 1. The van der Waals surface area contributed by atoms with Crippen LogP contribution in [0.3, 0.4) is 0 Å². The summed E-state index contributed by atoms with van der Waals surface area (Å²) >= 11 is 1.65. The summed E-state index contributed by atoms with van der Waals surface area (Å²) in [7, 11) is 0. The van der Waals surface area contributed by atoms with E-state index in [0.717, 1.165) is 12.8 Å². The Morgan fingerprint density at radius 2 is 2.33 bits per heavy atom. The zero-order chi connectivity index (χ0) is 11.3. The van der Waals surface area contributed by atoms with Gasteiger partial charge in [-0.2, -0.15) is 11.3 Å². The Kier molecular flexibility index (Phi) is 4.78. The van der Waals surface area contributed by atoms with E-state index in [1.165, 1.54) is 11.1 Å². The van der Waals surface area contributed by atoms with Crippen LogP contribution in [0.15, 0.2) is 10.8 Å². The molecule has 3 N–H and O–H groups in total. The van der Waals surface area contributed by atoms with Gasteiger partial charge in [-0.15, -0.1) is 0 Å². The van der Waals surface area contributed by atoms with E-state index in [2.05, 4.69) is 16.1 Å². The molecule has 84 valence electrons. The van der Waals surface area contributed by atoms with E-state index in [0.29, 0.717) is 6.54 Å². The largest absolute Gasteiger partial charge is 0.351 e. The Morgan fingerprint density at radius 1 is 1.60 bits per heavy atom. The zero-order valence-corrected chi connectivity index (χ0v) is 10.1. The highest BCUT2D eigenvalue weighted by Gasteiger charge is 2.11. The second kappa shape index (κ2) is 5.88. The van der Waals surface area contributed by atoms with Gasteiger partial charge in [0.15, 0.2) is 0 Å². The molecule has 1 amide bonds. The van der Waals surface area contributed by atoms with Crippen LogP contribution in [0.1, 0.15) is 30.9 Å². The summed E-state index contributed by atoms with van der Waals surface area (Å²) in [6.07, 6.45) is 1.68. The summed E-state index contributed by atoms with van der Waals surface area (Å²) < 4.78 is 0. The van der Waals surface area contributed by atoms with Crippen molar-refractivity contribution < 1.29 is 4.79 Å². The third kappa shape index (κ3) is 3.64. The number of hydrogen-bond acceptors (Lipinski definition) is 3. The van der Waals surface area contributed by atoms with Crippen LogP contribution in [0, 0.1) is 6.92 Å². The van der Waals surface area contributed by atoms with Gasteiger partial charge in [0.1, 0.15) is 0 Å². The van der Waals surface area contributed by atoms with Crippen molar-refractivity contribution in [2.45, 2.75) is 39.3 Å². The summed E-state index contributed by atoms with van der Waals surface area (Å²) in [6, 6.07) is -0.367. The van der Waals surface area contributed by atoms with Crippen LogP contribution in [0.4, 0.5) is 0 Å². The van der Waals surface area contributed by atoms with Crippen LogP contribution >= 0.6 is 11.3 Å². The predicted molar refractivity (Wildman–Crippen MR) is 63.8 cm³/mol. The topological polar surface area (TPSA) is 55.1 Å². The molecule has 0 saturated carbocycles. The minimum atomic E-state index is -0.367. The van der Waals surface area contributed by atoms with Crippen LogP contribution in [-0.4, -0.2) is 11.9 Å². The number of aryl methyl sites for hydroxylation is 1. The van der Waals surface area contributed by atoms with E-state index in [4.69, 9.17) is 5.73 Å². The fourth-order valence-electron chi connectivity index (χ4n) is 1.32. The van der Waals surface area contributed by atoms with Gasteiger partial charge in [-0.3, -0.25) is 4.79 Å². The van der Waals surface area contributed by atoms with Crippen LogP contribution in [0.25, 0.3) is 0 Å². The molecule has 1 aromatic rings. The third-order valence-corrected chi connectivity index (χ3v) is 3.26. The van der Waals surface area contributed by atoms with Crippen molar-refractivity contribution in [3.05, 3.63) is 21.9 Å². The van der Waals surface area contributed by atoms with Crippen molar-refractivity contribution in [3.63, 3.8) is 0 Å². The lowest BCUT2D eigenvalue weighted by molar-refractivity contribution is -0.122. The smallest absolute Gasteiger partial charge is 0.237 e. The Morgan fingerprint density at radius 3 is 2.87 bits per heavy atom. The number of nitrogens with one attached hydrogen (secondary N) is 1. The highest BCUT2D eigenvalue weighted by molar-refractivity contribution is 7.08. The third-order valence-electron chi connectivity index (χ3n) is 2.35. The van der Waals surface area contributed by atoms with E-state index in [9.17, 15) is 4.79 Å². The second-order valence-electron chi connectivity index (χ2n) is 3.69. The number of nitrogens with two attached hydrogens (primary N) is 1. The fourth-order valence-corrected chi connectivity index (χ4v) is 2.18. The molecule has 0 radical (unpaired) electrons. The second-order valence-corrected chi connectivity index (χ2v) is 4.44. The number of carbonyl (C=O) groups excluding carboxylic acids is 1. The molecule has 0 aliphatic heterocycles. The highest BCUT2D eigenvalue weighted by Crippen LogP contribution is 2.12. The molecule has 1 rings (SSSR count). The summed E-state index contributed by atoms with van der Waals surface area (Å²) in [5, 5.41) is 6.99. The fraction of sp³-hybridized carbons (Fsp3) is 0.545. The van der Waals surface area contributed by atoms with Gasteiger partial charge in [0.05, 0.1) is 6.04 Å². The molecule has 0 bridgehead atoms. The Bertz CT molecular complexity index is 322. The van der Waals surface area contributed by atoms with Gasteiger partial charge in [0.25, 0.3) is 0 Å². The maximum absolute atomic E-state index is 11.5. The van der Waals surface area contributed by atoms with Gasteiger partial charge in [-0.1, -0.05) is 13.3 Å². The van der Waals surface area contributed by atoms with E-state index in [-0.39, 0.29) is 11.9 Å². The van der Waals surface area contributed by atoms with E-state index in [1.807, 2.05) is 13.8 Å². The van der Waals surface area contributed by atoms with Gasteiger partial charge in [-0.25, -0.2) is 0 Å². The minimum absolute atomic E-state index is 0.0533. The Hall–Kier alpha value is -0.870. The lowest BCUT2D eigenvalue weighted by Gasteiger charge is -2.10. The lowest BCUT2D eigenvalue weighted by atomic mass is 10.1. The van der Waals surface area contributed by atoms with E-state index < -0.39 is 0 Å². The first-order valence-corrected chi connectivity index (χ1v) is 6.14. The molecular formula is C11H18N2OS. The van der Waals surface area contributed by atoms with Crippen molar-refractivity contribution in [2.75, 3.05) is 0 Å². The maximum atomic E-state index is 11.5. The summed E-state index contributed by atoms with van der Waals surface area (Å²) in [5.41, 5.74) is 8.10. The lowest BCUT2D eigenvalue weighted by Crippen LogP contribution is -2.40. The van der Waals surface area contributed by atoms with Gasteiger partial charge < -0.3 is 11.1 Å². The van der Waals surface area contributed by atoms with Crippen molar-refractivity contribution in [1.82, 2.24) is 5.32 Å². The minimum Gasteiger partial charge on any atom is -0.351 e. The molecule has 0 spiro atoms. The first-order chi connectivity index (χ1) is 7.15. The van der Waals surface area contributed by atoms with Gasteiger partial charge in [0.2, 0.25) is 5.91 Å². The van der Waals surface area contributed by atoms with Gasteiger partial charge >= 0.3 is 0 Å².